The van der Waals surface area contributed by atoms with Gasteiger partial charge in [-0.05, 0) is 50.2 Å². The molecule has 1 fully saturated rings. The van der Waals surface area contributed by atoms with E-state index in [0.29, 0.717) is 19.1 Å². The van der Waals surface area contributed by atoms with Crippen molar-refractivity contribution in [2.24, 2.45) is 5.92 Å². The number of hydrogen-bond donors (Lipinski definition) is 1. The predicted molar refractivity (Wildman–Crippen MR) is 101 cm³/mol. The minimum Gasteiger partial charge on any atom is -0.490 e. The molecule has 1 N–H and O–H groups in total. The Balaban J connectivity index is 1.45. The maximum Gasteiger partial charge on any atom is 0.127 e. The van der Waals surface area contributed by atoms with E-state index >= 15 is 0 Å². The van der Waals surface area contributed by atoms with Gasteiger partial charge in [0.05, 0.1) is 0 Å². The molecule has 1 saturated heterocycles. The largest absolute Gasteiger partial charge is 0.490 e. The zero-order chi connectivity index (χ0) is 17.5. The summed E-state index contributed by atoms with van der Waals surface area (Å²) in [6.07, 6.45) is 1.83. The number of rotatable bonds is 8. The maximum atomic E-state index is 10.4. The van der Waals surface area contributed by atoms with Gasteiger partial charge in [-0.15, -0.1) is 0 Å². The Morgan fingerprint density at radius 2 is 1.88 bits per heavy atom. The highest BCUT2D eigenvalue weighted by molar-refractivity contribution is 5.88. The second-order valence-corrected chi connectivity index (χ2v) is 6.85. The van der Waals surface area contributed by atoms with Gasteiger partial charge in [0.2, 0.25) is 0 Å². The number of nitrogens with zero attached hydrogens (tertiary/aromatic N) is 1. The van der Waals surface area contributed by atoms with E-state index in [1.807, 2.05) is 31.2 Å². The summed E-state index contributed by atoms with van der Waals surface area (Å²) < 4.78 is 11.4. The van der Waals surface area contributed by atoms with E-state index < -0.39 is 6.10 Å². The molecule has 0 aromatic heterocycles. The number of piperidine rings is 1. The Morgan fingerprint density at radius 3 is 2.68 bits per heavy atom. The van der Waals surface area contributed by atoms with E-state index in [1.165, 1.54) is 0 Å². The summed E-state index contributed by atoms with van der Waals surface area (Å²) in [5.74, 6) is 1.51. The molecule has 0 bridgehead atoms. The Bertz CT molecular complexity index is 647. The molecule has 1 heterocycles. The van der Waals surface area contributed by atoms with Crippen LogP contribution in [0.5, 0.6) is 5.75 Å². The van der Waals surface area contributed by atoms with Crippen molar-refractivity contribution in [1.82, 2.24) is 4.90 Å². The van der Waals surface area contributed by atoms with E-state index in [4.69, 9.17) is 9.47 Å². The molecule has 2 aromatic rings. The van der Waals surface area contributed by atoms with Crippen molar-refractivity contribution in [1.29, 1.82) is 0 Å². The topological polar surface area (TPSA) is 41.9 Å². The van der Waals surface area contributed by atoms with Crippen LogP contribution in [0.2, 0.25) is 0 Å². The SMILES string of the molecule is CCOCC1CCN(CC(O)COc2cccc3ccccc23)CC1. The number of hydrogen-bond acceptors (Lipinski definition) is 4. The molecule has 0 radical (unpaired) electrons. The number of likely N-dealkylation sites (tertiary alicyclic amines) is 1. The lowest BCUT2D eigenvalue weighted by molar-refractivity contribution is 0.0381. The first-order chi connectivity index (χ1) is 12.3. The molecule has 0 amide bonds. The average molecular weight is 343 g/mol. The van der Waals surface area contributed by atoms with E-state index in [0.717, 1.165) is 55.7 Å². The molecule has 0 saturated carbocycles. The van der Waals surface area contributed by atoms with Gasteiger partial charge < -0.3 is 19.5 Å². The number of ether oxygens (including phenoxy) is 2. The van der Waals surface area contributed by atoms with E-state index in [2.05, 4.69) is 23.1 Å². The summed E-state index contributed by atoms with van der Waals surface area (Å²) in [7, 11) is 0. The third-order valence-corrected chi connectivity index (χ3v) is 4.91. The van der Waals surface area contributed by atoms with Crippen LogP contribution in [0.3, 0.4) is 0 Å². The smallest absolute Gasteiger partial charge is 0.127 e. The lowest BCUT2D eigenvalue weighted by Crippen LogP contribution is -2.41. The molecule has 25 heavy (non-hydrogen) atoms. The van der Waals surface area contributed by atoms with Crippen molar-refractivity contribution in [2.45, 2.75) is 25.9 Å². The summed E-state index contributed by atoms with van der Waals surface area (Å²) in [6, 6.07) is 14.2. The molecule has 1 aliphatic rings. The van der Waals surface area contributed by atoms with Crippen LogP contribution in [0.25, 0.3) is 10.8 Å². The predicted octanol–water partition coefficient (Wildman–Crippen LogP) is 3.33. The van der Waals surface area contributed by atoms with Crippen LogP contribution in [0.4, 0.5) is 0 Å². The van der Waals surface area contributed by atoms with Gasteiger partial charge in [-0.25, -0.2) is 0 Å². The molecule has 3 rings (SSSR count). The summed E-state index contributed by atoms with van der Waals surface area (Å²) >= 11 is 0. The Kier molecular flexibility index (Phi) is 6.68. The van der Waals surface area contributed by atoms with Crippen molar-refractivity contribution in [3.63, 3.8) is 0 Å². The van der Waals surface area contributed by atoms with Gasteiger partial charge in [0.25, 0.3) is 0 Å². The molecule has 136 valence electrons. The van der Waals surface area contributed by atoms with Crippen LogP contribution < -0.4 is 4.74 Å². The summed E-state index contributed by atoms with van der Waals surface area (Å²) in [6.45, 7) is 6.77. The van der Waals surface area contributed by atoms with Crippen LogP contribution >= 0.6 is 0 Å². The lowest BCUT2D eigenvalue weighted by Gasteiger charge is -2.32. The van der Waals surface area contributed by atoms with Crippen molar-refractivity contribution in [3.05, 3.63) is 42.5 Å². The first kappa shape index (κ1) is 18.2. The Hall–Kier alpha value is -1.62. The molecular weight excluding hydrogens is 314 g/mol. The summed E-state index contributed by atoms with van der Waals surface area (Å²) in [4.78, 5) is 2.33. The maximum absolute atomic E-state index is 10.4. The summed E-state index contributed by atoms with van der Waals surface area (Å²) in [5, 5.41) is 12.6. The molecule has 0 spiro atoms. The number of β-amino-alcohol motifs (C(OH)–C–C–N with tert-alkyl or cyclic N) is 1. The van der Waals surface area contributed by atoms with E-state index in [1.54, 1.807) is 0 Å². The fourth-order valence-electron chi connectivity index (χ4n) is 3.48. The highest BCUT2D eigenvalue weighted by Crippen LogP contribution is 2.25. The van der Waals surface area contributed by atoms with Crippen molar-refractivity contribution in [3.8, 4) is 5.75 Å². The molecular formula is C21H29NO3. The van der Waals surface area contributed by atoms with E-state index in [9.17, 15) is 5.11 Å². The standard InChI is InChI=1S/C21H29NO3/c1-2-24-15-17-10-12-22(13-11-17)14-19(23)16-25-21-9-5-7-18-6-3-4-8-20(18)21/h3-9,17,19,23H,2,10-16H2,1H3. The minimum atomic E-state index is -0.470. The highest BCUT2D eigenvalue weighted by atomic mass is 16.5. The van der Waals surface area contributed by atoms with Crippen LogP contribution in [-0.4, -0.2) is 55.6 Å². The second-order valence-electron chi connectivity index (χ2n) is 6.85. The van der Waals surface area contributed by atoms with E-state index in [-0.39, 0.29) is 0 Å². The van der Waals surface area contributed by atoms with Crippen molar-refractivity contribution in [2.75, 3.05) is 39.5 Å². The number of fused-ring (bicyclic) bond motifs is 1. The third kappa shape index (κ3) is 5.18. The van der Waals surface area contributed by atoms with Gasteiger partial charge >= 0.3 is 0 Å². The van der Waals surface area contributed by atoms with Crippen LogP contribution in [-0.2, 0) is 4.74 Å². The first-order valence-corrected chi connectivity index (χ1v) is 9.35. The first-order valence-electron chi connectivity index (χ1n) is 9.35. The molecule has 1 aliphatic heterocycles. The van der Waals surface area contributed by atoms with Crippen molar-refractivity contribution >= 4 is 10.8 Å². The van der Waals surface area contributed by atoms with Gasteiger partial charge in [-0.3, -0.25) is 0 Å². The fraction of sp³-hybridized carbons (Fsp3) is 0.524. The van der Waals surface area contributed by atoms with Crippen LogP contribution in [0.1, 0.15) is 19.8 Å². The van der Waals surface area contributed by atoms with Gasteiger partial charge in [0.1, 0.15) is 18.5 Å². The van der Waals surface area contributed by atoms with Crippen molar-refractivity contribution < 1.29 is 14.6 Å². The molecule has 4 heteroatoms. The zero-order valence-corrected chi connectivity index (χ0v) is 15.1. The normalized spacial score (nSPS) is 17.7. The molecule has 0 aliphatic carbocycles. The number of benzene rings is 2. The minimum absolute atomic E-state index is 0.326. The monoisotopic (exact) mass is 343 g/mol. The van der Waals surface area contributed by atoms with Gasteiger partial charge in [-0.1, -0.05) is 36.4 Å². The van der Waals surface area contributed by atoms with Gasteiger partial charge in [0, 0.05) is 25.1 Å². The highest BCUT2D eigenvalue weighted by Gasteiger charge is 2.21. The van der Waals surface area contributed by atoms with Crippen LogP contribution in [0.15, 0.2) is 42.5 Å². The van der Waals surface area contributed by atoms with Gasteiger partial charge in [-0.2, -0.15) is 0 Å². The Labute approximate surface area is 150 Å². The third-order valence-electron chi connectivity index (χ3n) is 4.91. The van der Waals surface area contributed by atoms with Gasteiger partial charge in [0.15, 0.2) is 0 Å². The molecule has 1 unspecified atom stereocenters. The number of aliphatic hydroxyl groups excluding tert-OH is 1. The Morgan fingerprint density at radius 1 is 1.12 bits per heavy atom. The fourth-order valence-corrected chi connectivity index (χ4v) is 3.48. The molecule has 2 aromatic carbocycles. The molecule has 4 nitrogen and oxygen atoms in total. The zero-order valence-electron chi connectivity index (χ0n) is 15.1. The van der Waals surface area contributed by atoms with Crippen LogP contribution in [0, 0.1) is 5.92 Å². The number of aliphatic hydroxyl groups is 1. The average Bonchev–Trinajstić information content (AvgIpc) is 2.66. The summed E-state index contributed by atoms with van der Waals surface area (Å²) in [5.41, 5.74) is 0. The lowest BCUT2D eigenvalue weighted by atomic mass is 9.97. The quantitative estimate of drug-likeness (QED) is 0.798. The second kappa shape index (κ2) is 9.18. The molecule has 1 atom stereocenters.